The Morgan fingerprint density at radius 2 is 2.12 bits per heavy atom. The molecule has 0 aliphatic carbocycles. The number of aromatic nitrogens is 2. The van der Waals surface area contributed by atoms with Gasteiger partial charge in [-0.05, 0) is 32.4 Å². The molecular weight excluding hydrogens is 332 g/mol. The molecule has 2 aromatic heterocycles. The summed E-state index contributed by atoms with van der Waals surface area (Å²) in [4.78, 5) is 25.6. The van der Waals surface area contributed by atoms with Crippen molar-refractivity contribution in [2.24, 2.45) is 0 Å². The van der Waals surface area contributed by atoms with E-state index in [1.54, 1.807) is 18.4 Å². The van der Waals surface area contributed by atoms with E-state index < -0.39 is 0 Å². The van der Waals surface area contributed by atoms with Crippen LogP contribution in [-0.4, -0.2) is 64.5 Å². The van der Waals surface area contributed by atoms with Crippen LogP contribution in [0, 0.1) is 13.8 Å². The number of hydrogen-bond donors (Lipinski definition) is 0. The summed E-state index contributed by atoms with van der Waals surface area (Å²) < 4.78 is 11.3. The van der Waals surface area contributed by atoms with Crippen LogP contribution in [0.2, 0.25) is 0 Å². The fraction of sp³-hybridized carbons (Fsp3) is 0.526. The summed E-state index contributed by atoms with van der Waals surface area (Å²) in [5, 5.41) is 0. The van der Waals surface area contributed by atoms with Crippen LogP contribution in [0.25, 0.3) is 0 Å². The molecule has 2 aliphatic rings. The van der Waals surface area contributed by atoms with Crippen LogP contribution < -0.4 is 4.74 Å². The minimum Gasteiger partial charge on any atom is -0.472 e. The molecule has 1 fully saturated rings. The molecule has 0 unspecified atom stereocenters. The monoisotopic (exact) mass is 356 g/mol. The first-order chi connectivity index (χ1) is 12.6. The summed E-state index contributed by atoms with van der Waals surface area (Å²) >= 11 is 0. The maximum Gasteiger partial charge on any atom is 0.289 e. The highest BCUT2D eigenvalue weighted by Gasteiger charge is 2.29. The summed E-state index contributed by atoms with van der Waals surface area (Å²) in [7, 11) is 0. The highest BCUT2D eigenvalue weighted by atomic mass is 16.5. The van der Waals surface area contributed by atoms with E-state index in [1.807, 2.05) is 18.7 Å². The Morgan fingerprint density at radius 3 is 2.92 bits per heavy atom. The van der Waals surface area contributed by atoms with Crippen molar-refractivity contribution in [3.63, 3.8) is 0 Å². The number of rotatable bonds is 3. The van der Waals surface area contributed by atoms with Gasteiger partial charge in [0.25, 0.3) is 5.91 Å². The van der Waals surface area contributed by atoms with E-state index >= 15 is 0 Å². The number of carbonyl (C=O) groups is 1. The largest absolute Gasteiger partial charge is 0.472 e. The second-order valence-corrected chi connectivity index (χ2v) is 7.01. The van der Waals surface area contributed by atoms with E-state index in [4.69, 9.17) is 9.15 Å². The highest BCUT2D eigenvalue weighted by molar-refractivity contribution is 5.91. The van der Waals surface area contributed by atoms with Crippen molar-refractivity contribution >= 4 is 5.91 Å². The molecule has 0 aromatic carbocycles. The molecule has 1 amide bonds. The van der Waals surface area contributed by atoms with Crippen molar-refractivity contribution in [2.45, 2.75) is 32.8 Å². The summed E-state index contributed by atoms with van der Waals surface area (Å²) in [5.74, 6) is 1.88. The standard InChI is InChI=1S/C19H24N4O3/c1-13-16-11-15(26-18(16)21-14(2)20-13)12-22-6-4-7-23(9-8-22)19(24)17-5-3-10-25-17/h3,5,10,15H,4,6-9,11-12H2,1-2H3/t15-/m1/s1. The van der Waals surface area contributed by atoms with Gasteiger partial charge in [0.05, 0.1) is 6.26 Å². The number of ether oxygens (including phenoxy) is 1. The predicted molar refractivity (Wildman–Crippen MR) is 95.3 cm³/mol. The molecule has 0 spiro atoms. The van der Waals surface area contributed by atoms with Crippen LogP contribution >= 0.6 is 0 Å². The Hall–Kier alpha value is -2.41. The highest BCUT2D eigenvalue weighted by Crippen LogP contribution is 2.29. The van der Waals surface area contributed by atoms with E-state index in [0.29, 0.717) is 12.3 Å². The van der Waals surface area contributed by atoms with E-state index in [9.17, 15) is 4.79 Å². The molecule has 0 N–H and O–H groups in total. The Bertz CT molecular complexity index is 790. The lowest BCUT2D eigenvalue weighted by Gasteiger charge is -2.23. The van der Waals surface area contributed by atoms with Gasteiger partial charge in [0, 0.05) is 50.4 Å². The lowest BCUT2D eigenvalue weighted by Crippen LogP contribution is -2.38. The van der Waals surface area contributed by atoms with E-state index in [-0.39, 0.29) is 12.0 Å². The zero-order valence-corrected chi connectivity index (χ0v) is 15.3. The second-order valence-electron chi connectivity index (χ2n) is 7.01. The number of fused-ring (bicyclic) bond motifs is 1. The predicted octanol–water partition coefficient (Wildman–Crippen LogP) is 1.84. The Morgan fingerprint density at radius 1 is 1.23 bits per heavy atom. The summed E-state index contributed by atoms with van der Waals surface area (Å²) in [6.07, 6.45) is 3.45. The quantitative estimate of drug-likeness (QED) is 0.836. The Labute approximate surface area is 153 Å². The first-order valence-electron chi connectivity index (χ1n) is 9.16. The van der Waals surface area contributed by atoms with Crippen LogP contribution in [0.1, 0.15) is 34.1 Å². The van der Waals surface area contributed by atoms with E-state index in [1.165, 1.54) is 0 Å². The van der Waals surface area contributed by atoms with Gasteiger partial charge in [-0.3, -0.25) is 9.69 Å². The average molecular weight is 356 g/mol. The number of furan rings is 1. The van der Waals surface area contributed by atoms with Crippen LogP contribution in [0.4, 0.5) is 0 Å². The van der Waals surface area contributed by atoms with Crippen molar-refractivity contribution in [3.8, 4) is 5.88 Å². The minimum atomic E-state index is -0.0252. The van der Waals surface area contributed by atoms with E-state index in [0.717, 1.165) is 62.0 Å². The van der Waals surface area contributed by atoms with Gasteiger partial charge in [0.1, 0.15) is 11.9 Å². The molecule has 4 rings (SSSR count). The third-order valence-electron chi connectivity index (χ3n) is 5.07. The zero-order chi connectivity index (χ0) is 18.1. The summed E-state index contributed by atoms with van der Waals surface area (Å²) in [6.45, 7) is 8.02. The van der Waals surface area contributed by atoms with Gasteiger partial charge in [0.15, 0.2) is 5.76 Å². The van der Waals surface area contributed by atoms with Crippen LogP contribution in [0.15, 0.2) is 22.8 Å². The van der Waals surface area contributed by atoms with Gasteiger partial charge in [-0.2, -0.15) is 4.98 Å². The number of aryl methyl sites for hydroxylation is 2. The molecular formula is C19H24N4O3. The normalized spacial score (nSPS) is 20.5. The smallest absolute Gasteiger partial charge is 0.289 e. The lowest BCUT2D eigenvalue weighted by molar-refractivity contribution is 0.0726. The number of nitrogens with zero attached hydrogens (tertiary/aromatic N) is 4. The van der Waals surface area contributed by atoms with Crippen molar-refractivity contribution in [2.75, 3.05) is 32.7 Å². The SMILES string of the molecule is Cc1nc(C)c2c(n1)O[C@@H](CN1CCCN(C(=O)c3ccco3)CC1)C2. The van der Waals surface area contributed by atoms with Crippen molar-refractivity contribution < 1.29 is 13.9 Å². The minimum absolute atomic E-state index is 0.0252. The Kier molecular flexibility index (Phi) is 4.63. The topological polar surface area (TPSA) is 71.7 Å². The molecule has 2 aromatic rings. The molecule has 2 aliphatic heterocycles. The molecule has 4 heterocycles. The molecule has 0 bridgehead atoms. The van der Waals surface area contributed by atoms with Crippen LogP contribution in [-0.2, 0) is 6.42 Å². The van der Waals surface area contributed by atoms with Crippen molar-refractivity contribution in [1.82, 2.24) is 19.8 Å². The average Bonchev–Trinajstić information content (AvgIpc) is 3.21. The maximum absolute atomic E-state index is 12.5. The molecule has 0 radical (unpaired) electrons. The fourth-order valence-corrected chi connectivity index (χ4v) is 3.77. The second kappa shape index (κ2) is 7.07. The number of hydrogen-bond acceptors (Lipinski definition) is 6. The van der Waals surface area contributed by atoms with Gasteiger partial charge >= 0.3 is 0 Å². The molecule has 0 saturated carbocycles. The first-order valence-corrected chi connectivity index (χ1v) is 9.16. The van der Waals surface area contributed by atoms with Crippen molar-refractivity contribution in [1.29, 1.82) is 0 Å². The maximum atomic E-state index is 12.5. The number of amides is 1. The lowest BCUT2D eigenvalue weighted by atomic mass is 10.1. The number of carbonyl (C=O) groups excluding carboxylic acids is 1. The van der Waals surface area contributed by atoms with E-state index in [2.05, 4.69) is 14.9 Å². The third kappa shape index (κ3) is 3.44. The van der Waals surface area contributed by atoms with Gasteiger partial charge in [-0.1, -0.05) is 0 Å². The molecule has 1 atom stereocenters. The van der Waals surface area contributed by atoms with Crippen LogP contribution in [0.3, 0.4) is 0 Å². The van der Waals surface area contributed by atoms with Gasteiger partial charge in [-0.15, -0.1) is 0 Å². The first kappa shape index (κ1) is 17.0. The van der Waals surface area contributed by atoms with Gasteiger partial charge in [0.2, 0.25) is 5.88 Å². The molecule has 7 heteroatoms. The van der Waals surface area contributed by atoms with Crippen LogP contribution in [0.5, 0.6) is 5.88 Å². The Balaban J connectivity index is 1.34. The molecule has 1 saturated heterocycles. The molecule has 7 nitrogen and oxygen atoms in total. The molecule has 138 valence electrons. The molecule has 26 heavy (non-hydrogen) atoms. The van der Waals surface area contributed by atoms with Gasteiger partial charge in [-0.25, -0.2) is 4.98 Å². The fourth-order valence-electron chi connectivity index (χ4n) is 3.77. The zero-order valence-electron chi connectivity index (χ0n) is 15.3. The summed E-state index contributed by atoms with van der Waals surface area (Å²) in [6, 6.07) is 3.47. The third-order valence-corrected chi connectivity index (χ3v) is 5.07. The van der Waals surface area contributed by atoms with Gasteiger partial charge < -0.3 is 14.1 Å². The van der Waals surface area contributed by atoms with Crippen molar-refractivity contribution in [3.05, 3.63) is 41.2 Å². The summed E-state index contributed by atoms with van der Waals surface area (Å²) in [5.41, 5.74) is 2.14.